The zero-order chi connectivity index (χ0) is 14.9. The van der Waals surface area contributed by atoms with Crippen LogP contribution < -0.4 is 10.5 Å². The molecule has 1 fully saturated rings. The number of halogens is 1. The van der Waals surface area contributed by atoms with Gasteiger partial charge < -0.3 is 5.73 Å². The van der Waals surface area contributed by atoms with E-state index in [0.717, 1.165) is 31.7 Å². The van der Waals surface area contributed by atoms with Gasteiger partial charge in [-0.3, -0.25) is 0 Å². The summed E-state index contributed by atoms with van der Waals surface area (Å²) >= 11 is 0. The van der Waals surface area contributed by atoms with Gasteiger partial charge in [-0.05, 0) is 43.4 Å². The van der Waals surface area contributed by atoms with E-state index in [1.54, 1.807) is 6.92 Å². The molecule has 3 N–H and O–H groups in total. The van der Waals surface area contributed by atoms with Crippen molar-refractivity contribution >= 4 is 15.7 Å². The highest BCUT2D eigenvalue weighted by Crippen LogP contribution is 2.27. The minimum Gasteiger partial charge on any atom is -0.396 e. The molecular formula is C14H21FN2O2S. The van der Waals surface area contributed by atoms with Gasteiger partial charge in [0.05, 0.1) is 10.6 Å². The molecule has 1 aliphatic carbocycles. The van der Waals surface area contributed by atoms with E-state index in [1.165, 1.54) is 6.07 Å². The number of nitrogen functional groups attached to an aromatic ring is 1. The number of rotatable bonds is 3. The maximum absolute atomic E-state index is 13.3. The largest absolute Gasteiger partial charge is 0.396 e. The van der Waals surface area contributed by atoms with Gasteiger partial charge in [-0.1, -0.05) is 19.8 Å². The van der Waals surface area contributed by atoms with Crippen molar-refractivity contribution in [3.63, 3.8) is 0 Å². The Labute approximate surface area is 119 Å². The lowest BCUT2D eigenvalue weighted by Gasteiger charge is -2.29. The number of sulfonamides is 1. The molecule has 0 spiro atoms. The lowest BCUT2D eigenvalue weighted by Crippen LogP contribution is -2.41. The molecule has 2 atom stereocenters. The predicted molar refractivity (Wildman–Crippen MR) is 77.3 cm³/mol. The van der Waals surface area contributed by atoms with Gasteiger partial charge in [0.1, 0.15) is 5.82 Å². The minimum atomic E-state index is -3.66. The van der Waals surface area contributed by atoms with Crippen molar-refractivity contribution in [2.24, 2.45) is 5.92 Å². The van der Waals surface area contributed by atoms with Crippen molar-refractivity contribution in [3.8, 4) is 0 Å². The van der Waals surface area contributed by atoms with E-state index in [9.17, 15) is 12.8 Å². The van der Waals surface area contributed by atoms with Crippen molar-refractivity contribution in [2.45, 2.75) is 50.5 Å². The molecule has 1 aromatic carbocycles. The lowest BCUT2D eigenvalue weighted by molar-refractivity contribution is 0.310. The second-order valence-electron chi connectivity index (χ2n) is 5.63. The molecule has 0 radical (unpaired) electrons. The molecular weight excluding hydrogens is 279 g/mol. The Morgan fingerprint density at radius 2 is 1.95 bits per heavy atom. The molecule has 1 aromatic rings. The van der Waals surface area contributed by atoms with Gasteiger partial charge in [-0.25, -0.2) is 17.5 Å². The third-order valence-electron chi connectivity index (χ3n) is 4.00. The fourth-order valence-corrected chi connectivity index (χ4v) is 4.35. The Kier molecular flexibility index (Phi) is 4.34. The van der Waals surface area contributed by atoms with Gasteiger partial charge in [0.25, 0.3) is 0 Å². The van der Waals surface area contributed by atoms with E-state index in [1.807, 2.05) is 0 Å². The van der Waals surface area contributed by atoms with Crippen LogP contribution in [0.2, 0.25) is 0 Å². The van der Waals surface area contributed by atoms with Gasteiger partial charge in [-0.15, -0.1) is 0 Å². The summed E-state index contributed by atoms with van der Waals surface area (Å²) < 4.78 is 41.0. The molecule has 1 aliphatic rings. The van der Waals surface area contributed by atoms with Gasteiger partial charge in [-0.2, -0.15) is 0 Å². The monoisotopic (exact) mass is 300 g/mol. The highest BCUT2D eigenvalue weighted by molar-refractivity contribution is 7.89. The minimum absolute atomic E-state index is 0.0561. The summed E-state index contributed by atoms with van der Waals surface area (Å²) in [5.41, 5.74) is 5.70. The first-order valence-electron chi connectivity index (χ1n) is 6.89. The standard InChI is InChI=1S/C14H21FN2O2S/c1-9-5-3-4-6-13(9)17-20(18,19)14-8-12(16)11(15)7-10(14)2/h7-9,13,17H,3-6,16H2,1-2H3. The average molecular weight is 300 g/mol. The zero-order valence-corrected chi connectivity index (χ0v) is 12.6. The van der Waals surface area contributed by atoms with E-state index >= 15 is 0 Å². The van der Waals surface area contributed by atoms with Crippen molar-refractivity contribution in [1.82, 2.24) is 4.72 Å². The predicted octanol–water partition coefficient (Wildman–Crippen LogP) is 2.57. The number of hydrogen-bond donors (Lipinski definition) is 2. The Hall–Kier alpha value is -1.14. The molecule has 1 saturated carbocycles. The summed E-state index contributed by atoms with van der Waals surface area (Å²) in [7, 11) is -3.66. The van der Waals surface area contributed by atoms with Gasteiger partial charge in [0, 0.05) is 6.04 Å². The number of anilines is 1. The van der Waals surface area contributed by atoms with Gasteiger partial charge in [0.2, 0.25) is 10.0 Å². The third kappa shape index (κ3) is 3.12. The summed E-state index contributed by atoms with van der Waals surface area (Å²) in [6, 6.07) is 2.30. The van der Waals surface area contributed by atoms with Crippen LogP contribution in [0.15, 0.2) is 17.0 Å². The van der Waals surface area contributed by atoms with Crippen molar-refractivity contribution in [2.75, 3.05) is 5.73 Å². The lowest BCUT2D eigenvalue weighted by atomic mass is 9.87. The van der Waals surface area contributed by atoms with Gasteiger partial charge in [0.15, 0.2) is 0 Å². The number of aryl methyl sites for hydroxylation is 1. The second kappa shape index (κ2) is 5.69. The molecule has 0 aromatic heterocycles. The van der Waals surface area contributed by atoms with Crippen LogP contribution in [-0.2, 0) is 10.0 Å². The van der Waals surface area contributed by atoms with Gasteiger partial charge >= 0.3 is 0 Å². The smallest absolute Gasteiger partial charge is 0.241 e. The molecule has 0 saturated heterocycles. The van der Waals surface area contributed by atoms with Crippen LogP contribution in [0.25, 0.3) is 0 Å². The van der Waals surface area contributed by atoms with E-state index in [2.05, 4.69) is 11.6 Å². The molecule has 2 rings (SSSR count). The summed E-state index contributed by atoms with van der Waals surface area (Å²) in [6.45, 7) is 3.62. The Balaban J connectivity index is 2.28. The van der Waals surface area contributed by atoms with Crippen LogP contribution in [0.4, 0.5) is 10.1 Å². The number of benzene rings is 1. The van der Waals surface area contributed by atoms with Crippen LogP contribution in [0.3, 0.4) is 0 Å². The fourth-order valence-electron chi connectivity index (χ4n) is 2.71. The molecule has 112 valence electrons. The highest BCUT2D eigenvalue weighted by Gasteiger charge is 2.28. The highest BCUT2D eigenvalue weighted by atomic mass is 32.2. The summed E-state index contributed by atoms with van der Waals surface area (Å²) in [6.07, 6.45) is 4.04. The molecule has 4 nitrogen and oxygen atoms in total. The Morgan fingerprint density at radius 3 is 2.60 bits per heavy atom. The average Bonchev–Trinajstić information content (AvgIpc) is 2.36. The summed E-state index contributed by atoms with van der Waals surface area (Å²) in [5, 5.41) is 0. The zero-order valence-electron chi connectivity index (χ0n) is 11.8. The third-order valence-corrected chi connectivity index (χ3v) is 5.63. The Morgan fingerprint density at radius 1 is 1.30 bits per heavy atom. The van der Waals surface area contributed by atoms with E-state index in [0.29, 0.717) is 11.5 Å². The van der Waals surface area contributed by atoms with E-state index in [-0.39, 0.29) is 16.6 Å². The van der Waals surface area contributed by atoms with Crippen LogP contribution >= 0.6 is 0 Å². The fraction of sp³-hybridized carbons (Fsp3) is 0.571. The van der Waals surface area contributed by atoms with Crippen LogP contribution in [-0.4, -0.2) is 14.5 Å². The van der Waals surface area contributed by atoms with Crippen LogP contribution in [0.1, 0.15) is 38.2 Å². The van der Waals surface area contributed by atoms with Crippen molar-refractivity contribution < 1.29 is 12.8 Å². The molecule has 6 heteroatoms. The van der Waals surface area contributed by atoms with Crippen LogP contribution in [0.5, 0.6) is 0 Å². The quantitative estimate of drug-likeness (QED) is 0.843. The maximum atomic E-state index is 13.3. The first-order valence-corrected chi connectivity index (χ1v) is 8.37. The summed E-state index contributed by atoms with van der Waals surface area (Å²) in [5.74, 6) is -0.274. The Bertz CT molecular complexity index is 601. The molecule has 0 amide bonds. The maximum Gasteiger partial charge on any atom is 0.241 e. The van der Waals surface area contributed by atoms with Crippen molar-refractivity contribution in [3.05, 3.63) is 23.5 Å². The SMILES string of the molecule is Cc1cc(F)c(N)cc1S(=O)(=O)NC1CCCCC1C. The van der Waals surface area contributed by atoms with E-state index in [4.69, 9.17) is 5.73 Å². The molecule has 0 aliphatic heterocycles. The number of hydrogen-bond acceptors (Lipinski definition) is 3. The number of nitrogens with one attached hydrogen (secondary N) is 1. The topological polar surface area (TPSA) is 72.2 Å². The first kappa shape index (κ1) is 15.3. The van der Waals surface area contributed by atoms with E-state index < -0.39 is 15.8 Å². The molecule has 20 heavy (non-hydrogen) atoms. The molecule has 0 heterocycles. The summed E-state index contributed by atoms with van der Waals surface area (Å²) in [4.78, 5) is 0.0640. The second-order valence-corrected chi connectivity index (χ2v) is 7.31. The normalized spacial score (nSPS) is 23.8. The van der Waals surface area contributed by atoms with Crippen molar-refractivity contribution in [1.29, 1.82) is 0 Å². The molecule has 2 unspecified atom stereocenters. The first-order chi connectivity index (χ1) is 9.31. The van der Waals surface area contributed by atoms with Crippen LogP contribution in [0, 0.1) is 18.7 Å². The molecule has 0 bridgehead atoms. The number of nitrogens with two attached hydrogens (primary N) is 1.